The van der Waals surface area contributed by atoms with Gasteiger partial charge in [0.05, 0.1) is 5.69 Å². The van der Waals surface area contributed by atoms with Gasteiger partial charge in [-0.15, -0.1) is 0 Å². The highest BCUT2D eigenvalue weighted by Gasteiger charge is 2.08. The molecule has 0 spiro atoms. The number of hydrogen-bond acceptors (Lipinski definition) is 2. The van der Waals surface area contributed by atoms with Crippen molar-refractivity contribution >= 4 is 34.3 Å². The largest absolute Gasteiger partial charge is 0.488 e. The van der Waals surface area contributed by atoms with Crippen LogP contribution in [0, 0.1) is 12.7 Å². The van der Waals surface area contributed by atoms with Crippen molar-refractivity contribution in [1.29, 1.82) is 0 Å². The number of fused-ring (bicyclic) bond motifs is 1. The second-order valence-corrected chi connectivity index (χ2v) is 7.24. The average molecular weight is 404 g/mol. The predicted octanol–water partition coefficient (Wildman–Crippen LogP) is 7.27. The Morgan fingerprint density at radius 3 is 2.59 bits per heavy atom. The first-order valence-electron chi connectivity index (χ1n) is 9.29. The van der Waals surface area contributed by atoms with Crippen LogP contribution in [-0.2, 0) is 6.61 Å². The van der Waals surface area contributed by atoms with E-state index in [-0.39, 0.29) is 5.82 Å². The summed E-state index contributed by atoms with van der Waals surface area (Å²) in [5, 5.41) is 2.80. The van der Waals surface area contributed by atoms with Crippen molar-refractivity contribution < 1.29 is 9.13 Å². The van der Waals surface area contributed by atoms with Gasteiger partial charge in [0.1, 0.15) is 18.2 Å². The van der Waals surface area contributed by atoms with Gasteiger partial charge in [0.15, 0.2) is 0 Å². The molecule has 0 bridgehead atoms. The summed E-state index contributed by atoms with van der Waals surface area (Å²) in [4.78, 5) is 4.68. The van der Waals surface area contributed by atoms with Crippen molar-refractivity contribution in [3.8, 4) is 5.75 Å². The van der Waals surface area contributed by atoms with Crippen LogP contribution in [0.5, 0.6) is 5.75 Å². The summed E-state index contributed by atoms with van der Waals surface area (Å²) in [6, 6.07) is 24.0. The first-order valence-corrected chi connectivity index (χ1v) is 9.67. The topological polar surface area (TPSA) is 21.6 Å². The Balaban J connectivity index is 1.71. The molecular weight excluding hydrogens is 385 g/mol. The van der Waals surface area contributed by atoms with E-state index >= 15 is 0 Å². The Kier molecular flexibility index (Phi) is 5.59. The molecule has 144 valence electrons. The fourth-order valence-electron chi connectivity index (χ4n) is 3.13. The van der Waals surface area contributed by atoms with Crippen LogP contribution in [0.3, 0.4) is 0 Å². The van der Waals surface area contributed by atoms with Crippen LogP contribution in [-0.4, -0.2) is 6.21 Å². The van der Waals surface area contributed by atoms with Crippen molar-refractivity contribution in [2.24, 2.45) is 4.99 Å². The van der Waals surface area contributed by atoms with E-state index in [1.165, 1.54) is 12.1 Å². The normalized spacial score (nSPS) is 11.3. The molecule has 0 atom stereocenters. The zero-order chi connectivity index (χ0) is 20.2. The molecule has 0 unspecified atom stereocenters. The summed E-state index contributed by atoms with van der Waals surface area (Å²) in [5.74, 6) is 0.459. The van der Waals surface area contributed by atoms with Gasteiger partial charge in [-0.05, 0) is 59.2 Å². The Morgan fingerprint density at radius 1 is 0.966 bits per heavy atom. The molecule has 0 saturated heterocycles. The third-order valence-corrected chi connectivity index (χ3v) is 4.98. The molecule has 0 aliphatic rings. The number of nitrogens with zero attached hydrogens (tertiary/aromatic N) is 1. The van der Waals surface area contributed by atoms with Gasteiger partial charge < -0.3 is 4.74 Å². The highest BCUT2D eigenvalue weighted by molar-refractivity contribution is 6.30. The summed E-state index contributed by atoms with van der Waals surface area (Å²) in [6.45, 7) is 2.34. The Bertz CT molecular complexity index is 1190. The molecule has 4 heteroatoms. The molecular formula is C25H19ClFNO. The molecule has 0 amide bonds. The fourth-order valence-corrected chi connectivity index (χ4v) is 3.30. The van der Waals surface area contributed by atoms with Crippen LogP contribution in [0.2, 0.25) is 5.02 Å². The van der Waals surface area contributed by atoms with E-state index in [2.05, 4.69) is 11.1 Å². The monoisotopic (exact) mass is 403 g/mol. The minimum atomic E-state index is -0.260. The van der Waals surface area contributed by atoms with Crippen LogP contribution in [0.1, 0.15) is 16.7 Å². The zero-order valence-corrected chi connectivity index (χ0v) is 16.7. The molecule has 0 aliphatic heterocycles. The van der Waals surface area contributed by atoms with Gasteiger partial charge in [0, 0.05) is 16.8 Å². The third-order valence-electron chi connectivity index (χ3n) is 4.74. The van der Waals surface area contributed by atoms with E-state index < -0.39 is 0 Å². The predicted molar refractivity (Wildman–Crippen MR) is 118 cm³/mol. The maximum absolute atomic E-state index is 13.1. The number of hydrogen-bond donors (Lipinski definition) is 0. The first-order chi connectivity index (χ1) is 14.1. The van der Waals surface area contributed by atoms with Gasteiger partial charge in [-0.2, -0.15) is 0 Å². The van der Waals surface area contributed by atoms with Crippen molar-refractivity contribution in [2.45, 2.75) is 13.5 Å². The molecule has 0 fully saturated rings. The van der Waals surface area contributed by atoms with Gasteiger partial charge in [-0.3, -0.25) is 4.99 Å². The van der Waals surface area contributed by atoms with Crippen molar-refractivity contribution in [2.75, 3.05) is 0 Å². The lowest BCUT2D eigenvalue weighted by molar-refractivity contribution is 0.306. The van der Waals surface area contributed by atoms with Gasteiger partial charge in [-0.1, -0.05) is 60.1 Å². The molecule has 0 saturated carbocycles. The first kappa shape index (κ1) is 19.2. The summed E-state index contributed by atoms with van der Waals surface area (Å²) < 4.78 is 19.2. The second-order valence-electron chi connectivity index (χ2n) is 6.80. The Labute approximate surface area is 174 Å². The quantitative estimate of drug-likeness (QED) is 0.321. The molecule has 29 heavy (non-hydrogen) atoms. The molecule has 0 radical (unpaired) electrons. The van der Waals surface area contributed by atoms with Gasteiger partial charge in [-0.25, -0.2) is 4.39 Å². The summed E-state index contributed by atoms with van der Waals surface area (Å²) >= 11 is 6.13. The maximum Gasteiger partial charge on any atom is 0.129 e. The SMILES string of the molecule is Cc1ccc(Cl)cc1N=Cc1c(OCc2ccc(F)cc2)ccc2ccccc12. The number of halogens is 2. The molecule has 0 aliphatic carbocycles. The molecule has 0 heterocycles. The lowest BCUT2D eigenvalue weighted by Gasteiger charge is -2.12. The van der Waals surface area contributed by atoms with Gasteiger partial charge in [0.2, 0.25) is 0 Å². The van der Waals surface area contributed by atoms with E-state index in [4.69, 9.17) is 16.3 Å². The number of rotatable bonds is 5. The van der Waals surface area contributed by atoms with E-state index in [0.29, 0.717) is 11.6 Å². The van der Waals surface area contributed by atoms with Crippen molar-refractivity contribution in [1.82, 2.24) is 0 Å². The average Bonchev–Trinajstić information content (AvgIpc) is 2.74. The smallest absolute Gasteiger partial charge is 0.129 e. The number of benzene rings is 4. The van der Waals surface area contributed by atoms with Crippen LogP contribution < -0.4 is 4.74 Å². The van der Waals surface area contributed by atoms with Crippen LogP contribution >= 0.6 is 11.6 Å². The van der Waals surface area contributed by atoms with Crippen LogP contribution in [0.15, 0.2) is 83.9 Å². The lowest BCUT2D eigenvalue weighted by atomic mass is 10.0. The van der Waals surface area contributed by atoms with Gasteiger partial charge in [0.25, 0.3) is 0 Å². The highest BCUT2D eigenvalue weighted by Crippen LogP contribution is 2.29. The number of aliphatic imine (C=N–C) groups is 1. The maximum atomic E-state index is 13.1. The lowest BCUT2D eigenvalue weighted by Crippen LogP contribution is -1.99. The van der Waals surface area contributed by atoms with Crippen LogP contribution in [0.4, 0.5) is 10.1 Å². The van der Waals surface area contributed by atoms with E-state index in [0.717, 1.165) is 38.9 Å². The third kappa shape index (κ3) is 4.47. The zero-order valence-electron chi connectivity index (χ0n) is 15.9. The summed E-state index contributed by atoms with van der Waals surface area (Å²) in [5.41, 5.74) is 3.65. The minimum Gasteiger partial charge on any atom is -0.488 e. The number of ether oxygens (including phenoxy) is 1. The fraction of sp³-hybridized carbons (Fsp3) is 0.0800. The van der Waals surface area contributed by atoms with Crippen LogP contribution in [0.25, 0.3) is 10.8 Å². The highest BCUT2D eigenvalue weighted by atomic mass is 35.5. The van der Waals surface area contributed by atoms with Crippen molar-refractivity contribution in [3.63, 3.8) is 0 Å². The van der Waals surface area contributed by atoms with E-state index in [9.17, 15) is 4.39 Å². The van der Waals surface area contributed by atoms with Crippen molar-refractivity contribution in [3.05, 3.63) is 106 Å². The molecule has 4 rings (SSSR count). The Morgan fingerprint density at radius 2 is 1.76 bits per heavy atom. The summed E-state index contributed by atoms with van der Waals surface area (Å²) in [7, 11) is 0. The number of aryl methyl sites for hydroxylation is 1. The summed E-state index contributed by atoms with van der Waals surface area (Å²) in [6.07, 6.45) is 1.82. The second kappa shape index (κ2) is 8.46. The standard InChI is InChI=1S/C25H19ClFNO/c1-17-6-10-20(26)14-24(17)28-15-23-22-5-3-2-4-19(22)9-13-25(23)29-16-18-7-11-21(27)12-8-18/h2-15H,16H2,1H3. The molecule has 4 aromatic carbocycles. The molecule has 0 aromatic heterocycles. The molecule has 0 N–H and O–H groups in total. The van der Waals surface area contributed by atoms with E-state index in [1.54, 1.807) is 12.1 Å². The minimum absolute atomic E-state index is 0.260. The molecule has 2 nitrogen and oxygen atoms in total. The van der Waals surface area contributed by atoms with Gasteiger partial charge >= 0.3 is 0 Å². The van der Waals surface area contributed by atoms with E-state index in [1.807, 2.05) is 61.7 Å². The Hall–Kier alpha value is -3.17. The molecule has 4 aromatic rings.